The van der Waals surface area contributed by atoms with Crippen LogP contribution < -0.4 is 0 Å². The molecule has 0 saturated heterocycles. The zero-order chi connectivity index (χ0) is 16.4. The molecule has 0 amide bonds. The van der Waals surface area contributed by atoms with Crippen molar-refractivity contribution in [3.63, 3.8) is 0 Å². The zero-order valence-electron chi connectivity index (χ0n) is 14.1. The average Bonchev–Trinajstić information content (AvgIpc) is 3.10. The molecule has 1 aromatic carbocycles. The van der Waals surface area contributed by atoms with Gasteiger partial charge in [-0.05, 0) is 26.5 Å². The fraction of sp³-hybridized carbons (Fsp3) is 0.333. The van der Waals surface area contributed by atoms with Crippen molar-refractivity contribution < 1.29 is 0 Å². The van der Waals surface area contributed by atoms with Crippen molar-refractivity contribution in [2.75, 3.05) is 7.05 Å². The Labute approximate surface area is 141 Å². The Morgan fingerprint density at radius 1 is 1.17 bits per heavy atom. The van der Waals surface area contributed by atoms with Gasteiger partial charge >= 0.3 is 0 Å². The van der Waals surface area contributed by atoms with Crippen molar-refractivity contribution in [2.45, 2.75) is 26.9 Å². The van der Waals surface area contributed by atoms with Gasteiger partial charge in [-0.1, -0.05) is 24.3 Å². The summed E-state index contributed by atoms with van der Waals surface area (Å²) in [5.74, 6) is 0. The van der Waals surface area contributed by atoms with Gasteiger partial charge in [-0.15, -0.1) is 11.3 Å². The van der Waals surface area contributed by atoms with Crippen LogP contribution in [-0.2, 0) is 20.1 Å². The second kappa shape index (κ2) is 6.64. The van der Waals surface area contributed by atoms with Crippen LogP contribution in [0.3, 0.4) is 0 Å². The normalized spacial score (nSPS) is 11.3. The molecule has 0 bridgehead atoms. The van der Waals surface area contributed by atoms with E-state index in [0.717, 1.165) is 23.8 Å². The Bertz CT molecular complexity index is 803. The molecule has 0 spiro atoms. The van der Waals surface area contributed by atoms with E-state index in [1.807, 2.05) is 17.9 Å². The first-order valence-corrected chi connectivity index (χ1v) is 8.59. The molecule has 3 rings (SSSR count). The van der Waals surface area contributed by atoms with E-state index in [9.17, 15) is 0 Å². The third kappa shape index (κ3) is 3.51. The molecule has 5 heteroatoms. The standard InChI is InChI=1S/C18H22N4S/c1-13-7-5-6-8-17(13)18-20-16(12-23-18)11-21(3)10-15-9-19-22(4)14(15)2/h5-9,12H,10-11H2,1-4H3. The number of thiazole rings is 1. The van der Waals surface area contributed by atoms with Gasteiger partial charge in [0, 0.05) is 42.3 Å². The van der Waals surface area contributed by atoms with Crippen LogP contribution in [0.4, 0.5) is 0 Å². The average molecular weight is 326 g/mol. The van der Waals surface area contributed by atoms with Crippen molar-refractivity contribution in [1.29, 1.82) is 0 Å². The predicted molar refractivity (Wildman–Crippen MR) is 95.4 cm³/mol. The highest BCUT2D eigenvalue weighted by Gasteiger charge is 2.11. The summed E-state index contributed by atoms with van der Waals surface area (Å²) in [5.41, 5.74) is 6.11. The summed E-state index contributed by atoms with van der Waals surface area (Å²) < 4.78 is 1.92. The van der Waals surface area contributed by atoms with Gasteiger partial charge in [-0.25, -0.2) is 4.98 Å². The van der Waals surface area contributed by atoms with E-state index in [-0.39, 0.29) is 0 Å². The highest BCUT2D eigenvalue weighted by Crippen LogP contribution is 2.27. The lowest BCUT2D eigenvalue weighted by Gasteiger charge is -2.14. The van der Waals surface area contributed by atoms with Crippen LogP contribution in [0, 0.1) is 13.8 Å². The van der Waals surface area contributed by atoms with Crippen molar-refractivity contribution in [1.82, 2.24) is 19.7 Å². The maximum Gasteiger partial charge on any atom is 0.123 e. The third-order valence-corrected chi connectivity index (χ3v) is 5.06. The first-order chi connectivity index (χ1) is 11.0. The van der Waals surface area contributed by atoms with Crippen LogP contribution >= 0.6 is 11.3 Å². The molecule has 4 nitrogen and oxygen atoms in total. The molecule has 0 aliphatic heterocycles. The number of benzene rings is 1. The fourth-order valence-corrected chi connectivity index (χ4v) is 3.54. The van der Waals surface area contributed by atoms with Gasteiger partial charge in [0.2, 0.25) is 0 Å². The highest BCUT2D eigenvalue weighted by molar-refractivity contribution is 7.13. The second-order valence-electron chi connectivity index (χ2n) is 6.01. The van der Waals surface area contributed by atoms with Gasteiger partial charge in [0.25, 0.3) is 0 Å². The van der Waals surface area contributed by atoms with Gasteiger partial charge < -0.3 is 0 Å². The lowest BCUT2D eigenvalue weighted by atomic mass is 10.1. The Morgan fingerprint density at radius 2 is 1.96 bits per heavy atom. The summed E-state index contributed by atoms with van der Waals surface area (Å²) in [6.45, 7) is 5.97. The van der Waals surface area contributed by atoms with Gasteiger partial charge in [-0.3, -0.25) is 9.58 Å². The summed E-state index contributed by atoms with van der Waals surface area (Å²) in [4.78, 5) is 7.09. The number of aromatic nitrogens is 3. The molecule has 0 N–H and O–H groups in total. The molecule has 0 atom stereocenters. The van der Waals surface area contributed by atoms with Crippen molar-refractivity contribution >= 4 is 11.3 Å². The molecular formula is C18H22N4S. The Kier molecular flexibility index (Phi) is 4.59. The number of hydrogen-bond donors (Lipinski definition) is 0. The summed E-state index contributed by atoms with van der Waals surface area (Å²) in [6.07, 6.45) is 1.95. The molecule has 2 aromatic heterocycles. The molecule has 2 heterocycles. The van der Waals surface area contributed by atoms with E-state index in [1.165, 1.54) is 22.4 Å². The van der Waals surface area contributed by atoms with E-state index in [1.54, 1.807) is 11.3 Å². The molecule has 0 fully saturated rings. The largest absolute Gasteiger partial charge is 0.296 e. The monoisotopic (exact) mass is 326 g/mol. The number of aryl methyl sites for hydroxylation is 2. The van der Waals surface area contributed by atoms with Gasteiger partial charge in [-0.2, -0.15) is 5.10 Å². The first-order valence-electron chi connectivity index (χ1n) is 7.71. The van der Waals surface area contributed by atoms with Crippen LogP contribution in [0.2, 0.25) is 0 Å². The predicted octanol–water partition coefficient (Wildman–Crippen LogP) is 3.79. The summed E-state index contributed by atoms with van der Waals surface area (Å²) in [7, 11) is 4.10. The maximum absolute atomic E-state index is 4.81. The van der Waals surface area contributed by atoms with E-state index in [2.05, 4.69) is 60.5 Å². The van der Waals surface area contributed by atoms with Crippen LogP contribution in [0.5, 0.6) is 0 Å². The minimum Gasteiger partial charge on any atom is -0.296 e. The van der Waals surface area contributed by atoms with Crippen molar-refractivity contribution in [3.05, 3.63) is 58.4 Å². The summed E-state index contributed by atoms with van der Waals surface area (Å²) in [5, 5.41) is 7.57. The third-order valence-electron chi connectivity index (χ3n) is 4.14. The van der Waals surface area contributed by atoms with Crippen LogP contribution in [0.25, 0.3) is 10.6 Å². The molecule has 23 heavy (non-hydrogen) atoms. The van der Waals surface area contributed by atoms with Crippen LogP contribution in [0.15, 0.2) is 35.8 Å². The molecule has 0 saturated carbocycles. The second-order valence-corrected chi connectivity index (χ2v) is 6.87. The minimum atomic E-state index is 0.844. The van der Waals surface area contributed by atoms with Gasteiger partial charge in [0.1, 0.15) is 5.01 Å². The van der Waals surface area contributed by atoms with Crippen LogP contribution in [-0.4, -0.2) is 26.7 Å². The van der Waals surface area contributed by atoms with Crippen molar-refractivity contribution in [2.24, 2.45) is 7.05 Å². The van der Waals surface area contributed by atoms with Crippen molar-refractivity contribution in [3.8, 4) is 10.6 Å². The Morgan fingerprint density at radius 3 is 2.65 bits per heavy atom. The molecule has 3 aromatic rings. The lowest BCUT2D eigenvalue weighted by molar-refractivity contribution is 0.315. The number of nitrogens with zero attached hydrogens (tertiary/aromatic N) is 4. The molecule has 0 aliphatic carbocycles. The van der Waals surface area contributed by atoms with E-state index >= 15 is 0 Å². The molecular weight excluding hydrogens is 304 g/mol. The molecule has 0 aliphatic rings. The zero-order valence-corrected chi connectivity index (χ0v) is 14.9. The van der Waals surface area contributed by atoms with E-state index in [0.29, 0.717) is 0 Å². The SMILES string of the molecule is Cc1ccccc1-c1nc(CN(C)Cc2cnn(C)c2C)cs1. The molecule has 0 radical (unpaired) electrons. The first kappa shape index (κ1) is 15.9. The molecule has 0 unspecified atom stereocenters. The lowest BCUT2D eigenvalue weighted by Crippen LogP contribution is -2.17. The fourth-order valence-electron chi connectivity index (χ4n) is 2.64. The van der Waals surface area contributed by atoms with Gasteiger partial charge in [0.05, 0.1) is 11.9 Å². The number of hydrogen-bond acceptors (Lipinski definition) is 4. The summed E-state index contributed by atoms with van der Waals surface area (Å²) >= 11 is 1.72. The van der Waals surface area contributed by atoms with Gasteiger partial charge in [0.15, 0.2) is 0 Å². The highest BCUT2D eigenvalue weighted by atomic mass is 32.1. The van der Waals surface area contributed by atoms with E-state index < -0.39 is 0 Å². The molecule has 120 valence electrons. The maximum atomic E-state index is 4.81. The van der Waals surface area contributed by atoms with Crippen LogP contribution in [0.1, 0.15) is 22.5 Å². The smallest absolute Gasteiger partial charge is 0.123 e. The van der Waals surface area contributed by atoms with E-state index in [4.69, 9.17) is 4.98 Å². The Hall–Kier alpha value is -1.98. The topological polar surface area (TPSA) is 34.0 Å². The Balaban J connectivity index is 1.69. The number of rotatable bonds is 5. The summed E-state index contributed by atoms with van der Waals surface area (Å²) in [6, 6.07) is 8.41. The minimum absolute atomic E-state index is 0.844. The quantitative estimate of drug-likeness (QED) is 0.715.